The van der Waals surface area contributed by atoms with Crippen molar-refractivity contribution in [2.24, 2.45) is 23.2 Å². The summed E-state index contributed by atoms with van der Waals surface area (Å²) in [5.41, 5.74) is 6.09. The van der Waals surface area contributed by atoms with Crippen molar-refractivity contribution in [3.8, 4) is 0 Å². The van der Waals surface area contributed by atoms with Crippen LogP contribution in [0.1, 0.15) is 91.2 Å². The normalized spacial score (nSPS) is 25.4. The molecule has 2 unspecified atom stereocenters. The Balaban J connectivity index is 1.01. The number of fused-ring (bicyclic) bond motifs is 1. The zero-order chi connectivity index (χ0) is 31.5. The Morgan fingerprint density at radius 1 is 1.11 bits per heavy atom. The fourth-order valence-corrected chi connectivity index (χ4v) is 9.17. The number of benzene rings is 1. The molecule has 1 aliphatic heterocycles. The van der Waals surface area contributed by atoms with Crippen LogP contribution in [0.25, 0.3) is 16.5 Å². The predicted octanol–water partition coefficient (Wildman–Crippen LogP) is 4.88. The number of H-pyrrole nitrogens is 1. The van der Waals surface area contributed by atoms with Crippen LogP contribution < -0.4 is 16.2 Å². The molecule has 238 valence electrons. The van der Waals surface area contributed by atoms with Crippen LogP contribution in [0.4, 0.5) is 0 Å². The number of nitrogens with one attached hydrogen (secondary N) is 3. The third kappa shape index (κ3) is 5.53. The van der Waals surface area contributed by atoms with Crippen LogP contribution in [0.15, 0.2) is 35.3 Å². The number of amides is 2. The van der Waals surface area contributed by atoms with E-state index in [1.54, 1.807) is 6.20 Å². The maximum absolute atomic E-state index is 13.6. The van der Waals surface area contributed by atoms with Crippen LogP contribution in [0.2, 0.25) is 0 Å². The van der Waals surface area contributed by atoms with Gasteiger partial charge in [0.25, 0.3) is 11.5 Å². The highest BCUT2D eigenvalue weighted by molar-refractivity contribution is 6.07. The average Bonchev–Trinajstić information content (AvgIpc) is 3.79. The minimum Gasteiger partial charge on any atom is -0.355 e. The van der Waals surface area contributed by atoms with Gasteiger partial charge in [0.2, 0.25) is 5.91 Å². The molecule has 0 spiro atoms. The lowest BCUT2D eigenvalue weighted by molar-refractivity contribution is -0.123. The van der Waals surface area contributed by atoms with Gasteiger partial charge in [-0.3, -0.25) is 24.0 Å². The van der Waals surface area contributed by atoms with Crippen LogP contribution in [-0.2, 0) is 11.3 Å². The van der Waals surface area contributed by atoms with Gasteiger partial charge >= 0.3 is 0 Å². The monoisotopic (exact) mass is 610 g/mol. The molecule has 3 aromatic rings. The lowest BCUT2D eigenvalue weighted by atomic mass is 9.78. The molecule has 4 bridgehead atoms. The quantitative estimate of drug-likeness (QED) is 0.303. The van der Waals surface area contributed by atoms with Gasteiger partial charge in [-0.15, -0.1) is 0 Å². The van der Waals surface area contributed by atoms with E-state index in [1.807, 2.05) is 30.7 Å². The van der Waals surface area contributed by atoms with Gasteiger partial charge in [-0.1, -0.05) is 6.08 Å². The molecule has 5 aliphatic rings. The van der Waals surface area contributed by atoms with E-state index in [9.17, 15) is 14.4 Å². The number of carbonyl (C=O) groups is 2. The summed E-state index contributed by atoms with van der Waals surface area (Å²) in [4.78, 5) is 44.2. The summed E-state index contributed by atoms with van der Waals surface area (Å²) >= 11 is 0. The van der Waals surface area contributed by atoms with E-state index in [4.69, 9.17) is 0 Å². The van der Waals surface area contributed by atoms with Crippen LogP contribution in [0.5, 0.6) is 0 Å². The molecule has 9 nitrogen and oxygen atoms in total. The van der Waals surface area contributed by atoms with Gasteiger partial charge in [0.1, 0.15) is 0 Å². The molecule has 0 radical (unpaired) electrons. The first-order valence-corrected chi connectivity index (χ1v) is 16.8. The first-order valence-electron chi connectivity index (χ1n) is 16.8. The van der Waals surface area contributed by atoms with Crippen molar-refractivity contribution in [3.63, 3.8) is 0 Å². The molecule has 2 atom stereocenters. The maximum atomic E-state index is 13.6. The van der Waals surface area contributed by atoms with Crippen molar-refractivity contribution in [2.75, 3.05) is 26.2 Å². The number of rotatable bonds is 10. The maximum Gasteiger partial charge on any atom is 0.253 e. The summed E-state index contributed by atoms with van der Waals surface area (Å²) in [5, 5.41) is 11.6. The highest BCUT2D eigenvalue weighted by atomic mass is 16.2. The average molecular weight is 611 g/mol. The molecule has 8 rings (SSSR count). The molecule has 4 saturated carbocycles. The van der Waals surface area contributed by atoms with Crippen molar-refractivity contribution in [3.05, 3.63) is 68.8 Å². The Hall–Kier alpha value is -3.72. The molecule has 4 fully saturated rings. The molecular weight excluding hydrogens is 564 g/mol. The predicted molar refractivity (Wildman–Crippen MR) is 176 cm³/mol. The smallest absolute Gasteiger partial charge is 0.253 e. The number of aromatic amines is 1. The lowest BCUT2D eigenvalue weighted by Gasteiger charge is -2.29. The van der Waals surface area contributed by atoms with Gasteiger partial charge in [-0.25, -0.2) is 0 Å². The minimum atomic E-state index is -0.221. The van der Waals surface area contributed by atoms with Crippen molar-refractivity contribution < 1.29 is 9.59 Å². The standard InChI is InChI=1S/C36H46N6O3/c1-21(2)42-32-15-25(14-29(31(32)20-39-42)34(44)38-19-30-22(3)11-23(4)40-35(30)45)24-5-8-41(9-6-24)10-7-37-33(43)18-36-16-26-12-28(36)13-27(26)17-36/h5,11,14-15,20-21,26-28H,6-10,12-13,16-19H2,1-4H3,(H,37,43)(H,38,44)(H,40,45). The fourth-order valence-electron chi connectivity index (χ4n) is 9.17. The summed E-state index contributed by atoms with van der Waals surface area (Å²) < 4.78 is 1.96. The topological polar surface area (TPSA) is 112 Å². The first-order chi connectivity index (χ1) is 21.6. The zero-order valence-electron chi connectivity index (χ0n) is 27.0. The summed E-state index contributed by atoms with van der Waals surface area (Å²) in [7, 11) is 0. The van der Waals surface area contributed by atoms with Gasteiger partial charge in [0, 0.05) is 61.8 Å². The highest BCUT2D eigenvalue weighted by Gasteiger charge is 2.63. The second-order valence-corrected chi connectivity index (χ2v) is 14.5. The second-order valence-electron chi connectivity index (χ2n) is 14.5. The third-order valence-electron chi connectivity index (χ3n) is 11.3. The number of aromatic nitrogens is 3. The lowest BCUT2D eigenvalue weighted by Crippen LogP contribution is -2.38. The molecular formula is C36H46N6O3. The van der Waals surface area contributed by atoms with Crippen molar-refractivity contribution in [1.82, 2.24) is 30.3 Å². The summed E-state index contributed by atoms with van der Waals surface area (Å²) in [5.74, 6) is 2.63. The number of nitrogens with zero attached hydrogens (tertiary/aromatic N) is 3. The number of carbonyl (C=O) groups excluding carboxylic acids is 2. The van der Waals surface area contributed by atoms with E-state index in [1.165, 1.54) is 31.3 Å². The first kappa shape index (κ1) is 30.0. The van der Waals surface area contributed by atoms with Gasteiger partial charge in [-0.2, -0.15) is 5.10 Å². The number of aryl methyl sites for hydroxylation is 2. The van der Waals surface area contributed by atoms with E-state index < -0.39 is 0 Å². The van der Waals surface area contributed by atoms with E-state index in [-0.39, 0.29) is 30.0 Å². The Labute approximate surface area is 264 Å². The number of pyridine rings is 1. The molecule has 0 saturated heterocycles. The summed E-state index contributed by atoms with van der Waals surface area (Å²) in [6.07, 6.45) is 10.9. The number of hydrogen-bond acceptors (Lipinski definition) is 5. The number of hydrogen-bond donors (Lipinski definition) is 3. The largest absolute Gasteiger partial charge is 0.355 e. The van der Waals surface area contributed by atoms with E-state index >= 15 is 0 Å². The second kappa shape index (κ2) is 11.6. The van der Waals surface area contributed by atoms with Gasteiger partial charge < -0.3 is 15.6 Å². The van der Waals surface area contributed by atoms with Gasteiger partial charge in [0.05, 0.1) is 17.3 Å². The molecule has 2 aromatic heterocycles. The molecule has 3 N–H and O–H groups in total. The fraction of sp³-hybridized carbons (Fsp3) is 0.556. The summed E-state index contributed by atoms with van der Waals surface area (Å²) in [6, 6.07) is 6.18. The Bertz CT molecular complexity index is 1730. The van der Waals surface area contributed by atoms with Crippen LogP contribution in [0, 0.1) is 37.0 Å². The summed E-state index contributed by atoms with van der Waals surface area (Å²) in [6.45, 7) is 11.3. The van der Waals surface area contributed by atoms with Crippen LogP contribution >= 0.6 is 0 Å². The molecule has 4 aliphatic carbocycles. The van der Waals surface area contributed by atoms with Crippen molar-refractivity contribution in [1.29, 1.82) is 0 Å². The van der Waals surface area contributed by atoms with E-state index in [0.717, 1.165) is 78.0 Å². The molecule has 45 heavy (non-hydrogen) atoms. The van der Waals surface area contributed by atoms with Crippen molar-refractivity contribution >= 4 is 28.3 Å². The van der Waals surface area contributed by atoms with E-state index in [0.29, 0.717) is 23.1 Å². The van der Waals surface area contributed by atoms with Crippen LogP contribution in [0.3, 0.4) is 0 Å². The molecule has 9 heteroatoms. The molecule has 1 aromatic carbocycles. The van der Waals surface area contributed by atoms with Crippen molar-refractivity contribution in [2.45, 2.75) is 78.8 Å². The third-order valence-corrected chi connectivity index (χ3v) is 11.3. The molecule has 2 amide bonds. The Morgan fingerprint density at radius 3 is 2.53 bits per heavy atom. The van der Waals surface area contributed by atoms with Gasteiger partial charge in [-0.05, 0) is 118 Å². The van der Waals surface area contributed by atoms with Crippen LogP contribution in [-0.4, -0.2) is 57.7 Å². The minimum absolute atomic E-state index is 0.141. The zero-order valence-corrected chi connectivity index (χ0v) is 27.0. The molecule has 3 heterocycles. The van der Waals surface area contributed by atoms with Gasteiger partial charge in [0.15, 0.2) is 0 Å². The highest BCUT2D eigenvalue weighted by Crippen LogP contribution is 2.71. The Morgan fingerprint density at radius 2 is 1.89 bits per heavy atom. The Kier molecular flexibility index (Phi) is 7.71. The SMILES string of the molecule is Cc1cc(C)c(CNC(=O)c2cc(C3=CCN(CCNC(=O)CC45CC6CC4CC6C5)CC3)cc3c2cnn3C(C)C)c(=O)[nH]1. The van der Waals surface area contributed by atoms with E-state index in [2.05, 4.69) is 51.6 Å².